The standard InChI is InChI=1S/C12H12I3NO4/c1-5(12(18)19)20-11-8(14)4-7(13)10(9(11)15)16(3)6(2)17/h4-5H,1-3H3,(H,18,19). The molecule has 20 heavy (non-hydrogen) atoms. The quantitative estimate of drug-likeness (QED) is 0.529. The monoisotopic (exact) mass is 615 g/mol. The molecule has 1 amide bonds. The largest absolute Gasteiger partial charge is 0.479 e. The third kappa shape index (κ3) is 4.08. The van der Waals surface area contributed by atoms with E-state index in [-0.39, 0.29) is 5.91 Å². The first-order valence-electron chi connectivity index (χ1n) is 5.48. The highest BCUT2D eigenvalue weighted by atomic mass is 127. The van der Waals surface area contributed by atoms with E-state index < -0.39 is 12.1 Å². The molecule has 0 heterocycles. The summed E-state index contributed by atoms with van der Waals surface area (Å²) >= 11 is 6.32. The van der Waals surface area contributed by atoms with Crippen LogP contribution in [-0.2, 0) is 9.59 Å². The Labute approximate surface area is 157 Å². The smallest absolute Gasteiger partial charge is 0.344 e. The minimum absolute atomic E-state index is 0.0979. The zero-order valence-electron chi connectivity index (χ0n) is 10.9. The van der Waals surface area contributed by atoms with Gasteiger partial charge in [-0.1, -0.05) is 0 Å². The predicted molar refractivity (Wildman–Crippen MR) is 101 cm³/mol. The lowest BCUT2D eigenvalue weighted by molar-refractivity contribution is -0.144. The van der Waals surface area contributed by atoms with Gasteiger partial charge in [-0.2, -0.15) is 0 Å². The number of hydrogen-bond donors (Lipinski definition) is 1. The van der Waals surface area contributed by atoms with Crippen LogP contribution in [0.3, 0.4) is 0 Å². The Kier molecular flexibility index (Phi) is 6.76. The molecule has 8 heteroatoms. The highest BCUT2D eigenvalue weighted by molar-refractivity contribution is 14.1. The molecule has 0 saturated carbocycles. The molecule has 0 saturated heterocycles. The zero-order chi connectivity index (χ0) is 15.6. The molecule has 5 nitrogen and oxygen atoms in total. The number of aliphatic carboxylic acids is 1. The fourth-order valence-corrected chi connectivity index (χ4v) is 5.71. The van der Waals surface area contributed by atoms with Gasteiger partial charge in [-0.15, -0.1) is 0 Å². The van der Waals surface area contributed by atoms with Crippen LogP contribution in [-0.4, -0.2) is 30.1 Å². The number of carbonyl (C=O) groups excluding carboxylic acids is 1. The van der Waals surface area contributed by atoms with E-state index in [9.17, 15) is 9.59 Å². The average Bonchev–Trinajstić information content (AvgIpc) is 2.33. The summed E-state index contributed by atoms with van der Waals surface area (Å²) in [5, 5.41) is 8.95. The summed E-state index contributed by atoms with van der Waals surface area (Å²) in [6.07, 6.45) is -0.951. The number of nitrogens with zero attached hydrogens (tertiary/aromatic N) is 1. The molecule has 0 aromatic heterocycles. The third-order valence-corrected chi connectivity index (χ3v) is 5.18. The number of carbonyl (C=O) groups is 2. The minimum atomic E-state index is -1.03. The molecule has 1 aromatic carbocycles. The normalized spacial score (nSPS) is 11.9. The third-order valence-electron chi connectivity index (χ3n) is 2.55. The van der Waals surface area contributed by atoms with Crippen LogP contribution in [0.2, 0.25) is 0 Å². The molecule has 1 rings (SSSR count). The van der Waals surface area contributed by atoms with Gasteiger partial charge in [-0.05, 0) is 80.8 Å². The van der Waals surface area contributed by atoms with Crippen molar-refractivity contribution in [2.45, 2.75) is 20.0 Å². The van der Waals surface area contributed by atoms with Gasteiger partial charge in [0.25, 0.3) is 0 Å². The summed E-state index contributed by atoms with van der Waals surface area (Å²) in [5.41, 5.74) is 0.728. The van der Waals surface area contributed by atoms with Crippen LogP contribution >= 0.6 is 67.8 Å². The molecule has 0 aliphatic carbocycles. The average molecular weight is 615 g/mol. The van der Waals surface area contributed by atoms with Crippen molar-refractivity contribution < 1.29 is 19.4 Å². The van der Waals surface area contributed by atoms with Crippen LogP contribution in [0.15, 0.2) is 6.07 Å². The van der Waals surface area contributed by atoms with Crippen LogP contribution in [0.1, 0.15) is 13.8 Å². The van der Waals surface area contributed by atoms with E-state index in [0.717, 1.165) is 16.4 Å². The summed E-state index contributed by atoms with van der Waals surface area (Å²) in [4.78, 5) is 24.0. The van der Waals surface area contributed by atoms with Gasteiger partial charge in [0, 0.05) is 17.5 Å². The number of carboxylic acid groups (broad SMARTS) is 1. The summed E-state index contributed by atoms with van der Waals surface area (Å²) in [5.74, 6) is -0.638. The molecule has 0 spiro atoms. The van der Waals surface area contributed by atoms with Gasteiger partial charge in [0.1, 0.15) is 5.75 Å². The molecule has 0 radical (unpaired) electrons. The zero-order valence-corrected chi connectivity index (χ0v) is 17.4. The molecule has 0 bridgehead atoms. The Balaban J connectivity index is 3.36. The molecule has 1 N–H and O–H groups in total. The summed E-state index contributed by atoms with van der Waals surface area (Å²) in [7, 11) is 1.68. The van der Waals surface area contributed by atoms with Gasteiger partial charge in [-0.3, -0.25) is 4.79 Å². The lowest BCUT2D eigenvalue weighted by atomic mass is 10.2. The lowest BCUT2D eigenvalue weighted by Gasteiger charge is -2.22. The maximum atomic E-state index is 11.6. The van der Waals surface area contributed by atoms with Crippen LogP contribution in [0.25, 0.3) is 0 Å². The number of ether oxygens (including phenoxy) is 1. The van der Waals surface area contributed by atoms with Gasteiger partial charge in [0.2, 0.25) is 5.91 Å². The van der Waals surface area contributed by atoms with Crippen molar-refractivity contribution in [3.8, 4) is 5.75 Å². The van der Waals surface area contributed by atoms with Crippen molar-refractivity contribution in [1.29, 1.82) is 0 Å². The fourth-order valence-electron chi connectivity index (χ4n) is 1.36. The Morgan fingerprint density at radius 3 is 2.30 bits per heavy atom. The second-order valence-corrected chi connectivity index (χ2v) is 7.41. The van der Waals surface area contributed by atoms with Gasteiger partial charge in [0.15, 0.2) is 6.10 Å². The van der Waals surface area contributed by atoms with Crippen molar-refractivity contribution in [1.82, 2.24) is 0 Å². The maximum Gasteiger partial charge on any atom is 0.344 e. The SMILES string of the molecule is CC(=O)N(C)c1c(I)cc(I)c(OC(C)C(=O)O)c1I. The Morgan fingerprint density at radius 2 is 1.85 bits per heavy atom. The molecular formula is C12H12I3NO4. The molecule has 110 valence electrons. The number of hydrogen-bond acceptors (Lipinski definition) is 3. The fraction of sp³-hybridized carbons (Fsp3) is 0.333. The maximum absolute atomic E-state index is 11.6. The number of carboxylic acids is 1. The first-order chi connectivity index (χ1) is 9.16. The van der Waals surface area contributed by atoms with Gasteiger partial charge in [-0.25, -0.2) is 4.79 Å². The predicted octanol–water partition coefficient (Wildman–Crippen LogP) is 3.34. The molecule has 0 fully saturated rings. The van der Waals surface area contributed by atoms with Crippen LogP contribution in [0.4, 0.5) is 5.69 Å². The second kappa shape index (κ2) is 7.42. The lowest BCUT2D eigenvalue weighted by Crippen LogP contribution is -2.27. The van der Waals surface area contributed by atoms with E-state index in [1.807, 2.05) is 6.07 Å². The van der Waals surface area contributed by atoms with Crippen molar-refractivity contribution in [2.24, 2.45) is 0 Å². The Morgan fingerprint density at radius 1 is 1.30 bits per heavy atom. The minimum Gasteiger partial charge on any atom is -0.479 e. The first-order valence-corrected chi connectivity index (χ1v) is 8.71. The van der Waals surface area contributed by atoms with E-state index in [1.54, 1.807) is 7.05 Å². The van der Waals surface area contributed by atoms with Crippen LogP contribution in [0.5, 0.6) is 5.75 Å². The van der Waals surface area contributed by atoms with Gasteiger partial charge >= 0.3 is 5.97 Å². The number of rotatable bonds is 4. The number of benzene rings is 1. The topological polar surface area (TPSA) is 66.8 Å². The number of anilines is 1. The summed E-state index contributed by atoms with van der Waals surface area (Å²) < 4.78 is 7.95. The second-order valence-electron chi connectivity index (χ2n) is 4.01. The Hall–Kier alpha value is 0.150. The summed E-state index contributed by atoms with van der Waals surface area (Å²) in [6.45, 7) is 2.95. The highest BCUT2D eigenvalue weighted by Gasteiger charge is 2.23. The van der Waals surface area contributed by atoms with Crippen molar-refractivity contribution in [3.63, 3.8) is 0 Å². The molecule has 1 atom stereocenters. The van der Waals surface area contributed by atoms with Crippen molar-refractivity contribution in [3.05, 3.63) is 16.8 Å². The molecular weight excluding hydrogens is 603 g/mol. The molecule has 1 unspecified atom stereocenters. The van der Waals surface area contributed by atoms with E-state index >= 15 is 0 Å². The van der Waals surface area contributed by atoms with Gasteiger partial charge < -0.3 is 14.7 Å². The summed E-state index contributed by atoms with van der Waals surface area (Å²) in [6, 6.07) is 1.86. The van der Waals surface area contributed by atoms with Gasteiger partial charge in [0.05, 0.1) is 12.8 Å². The van der Waals surface area contributed by atoms with E-state index in [0.29, 0.717) is 5.75 Å². The Bertz CT molecular complexity index is 562. The van der Waals surface area contributed by atoms with Crippen LogP contribution < -0.4 is 9.64 Å². The van der Waals surface area contributed by atoms with Crippen molar-refractivity contribution >= 4 is 85.3 Å². The number of amides is 1. The van der Waals surface area contributed by atoms with E-state index in [4.69, 9.17) is 9.84 Å². The van der Waals surface area contributed by atoms with Crippen molar-refractivity contribution in [2.75, 3.05) is 11.9 Å². The van der Waals surface area contributed by atoms with Crippen LogP contribution in [0, 0.1) is 10.7 Å². The van der Waals surface area contributed by atoms with E-state index in [2.05, 4.69) is 67.8 Å². The molecule has 0 aliphatic heterocycles. The number of halogens is 3. The highest BCUT2D eigenvalue weighted by Crippen LogP contribution is 2.39. The van der Waals surface area contributed by atoms with E-state index in [1.165, 1.54) is 18.7 Å². The molecule has 0 aliphatic rings. The first kappa shape index (κ1) is 18.2. The molecule has 1 aromatic rings.